The van der Waals surface area contributed by atoms with E-state index in [1.165, 1.54) is 11.3 Å². The normalized spacial score (nSPS) is 10.4. The molecule has 2 rings (SSSR count). The van der Waals surface area contributed by atoms with Gasteiger partial charge in [-0.15, -0.1) is 11.3 Å². The van der Waals surface area contributed by atoms with Crippen LogP contribution in [0.15, 0.2) is 53.4 Å². The lowest BCUT2D eigenvalue weighted by atomic mass is 10.2. The number of amides is 1. The van der Waals surface area contributed by atoms with Crippen LogP contribution in [-0.4, -0.2) is 23.7 Å². The van der Waals surface area contributed by atoms with Crippen LogP contribution >= 0.6 is 11.3 Å². The van der Waals surface area contributed by atoms with E-state index >= 15 is 0 Å². The SMILES string of the molecule is CC(C)=CCOC(=O)C/C=C/c1csc(NC(=O)OCc2ccccc2)n1. The predicted octanol–water partition coefficient (Wildman–Crippen LogP) is 4.80. The molecule has 0 bridgehead atoms. The number of carbonyl (C=O) groups excluding carboxylic acids is 2. The summed E-state index contributed by atoms with van der Waals surface area (Å²) >= 11 is 1.28. The van der Waals surface area contributed by atoms with Crippen molar-refractivity contribution in [3.05, 3.63) is 64.7 Å². The van der Waals surface area contributed by atoms with Gasteiger partial charge in [-0.25, -0.2) is 9.78 Å². The highest BCUT2D eigenvalue weighted by Crippen LogP contribution is 2.17. The molecule has 0 fully saturated rings. The topological polar surface area (TPSA) is 77.5 Å². The number of nitrogens with one attached hydrogen (secondary N) is 1. The molecule has 0 radical (unpaired) electrons. The van der Waals surface area contributed by atoms with E-state index in [-0.39, 0.29) is 25.6 Å². The Kier molecular flexibility index (Phi) is 8.25. The first-order chi connectivity index (χ1) is 13.0. The van der Waals surface area contributed by atoms with Crippen LogP contribution in [0.1, 0.15) is 31.5 Å². The molecule has 1 amide bonds. The second kappa shape index (κ2) is 10.9. The van der Waals surface area contributed by atoms with E-state index in [2.05, 4.69) is 10.3 Å². The maximum Gasteiger partial charge on any atom is 0.413 e. The van der Waals surface area contributed by atoms with Crippen molar-refractivity contribution in [3.63, 3.8) is 0 Å². The van der Waals surface area contributed by atoms with Gasteiger partial charge < -0.3 is 9.47 Å². The van der Waals surface area contributed by atoms with Crippen molar-refractivity contribution >= 4 is 34.6 Å². The average molecular weight is 386 g/mol. The van der Waals surface area contributed by atoms with Crippen LogP contribution in [0.4, 0.5) is 9.93 Å². The lowest BCUT2D eigenvalue weighted by Crippen LogP contribution is -2.13. The van der Waals surface area contributed by atoms with Gasteiger partial charge in [0.1, 0.15) is 13.2 Å². The summed E-state index contributed by atoms with van der Waals surface area (Å²) in [7, 11) is 0. The lowest BCUT2D eigenvalue weighted by Gasteiger charge is -2.04. The van der Waals surface area contributed by atoms with Gasteiger partial charge in [-0.1, -0.05) is 42.0 Å². The van der Waals surface area contributed by atoms with Gasteiger partial charge in [0, 0.05) is 5.38 Å². The molecule has 1 aromatic heterocycles. The molecule has 6 nitrogen and oxygen atoms in total. The van der Waals surface area contributed by atoms with E-state index in [0.717, 1.165) is 11.1 Å². The third-order valence-electron chi connectivity index (χ3n) is 3.25. The molecule has 1 heterocycles. The zero-order chi connectivity index (χ0) is 19.5. The number of allylic oxidation sites excluding steroid dienone is 1. The monoisotopic (exact) mass is 386 g/mol. The predicted molar refractivity (Wildman–Crippen MR) is 106 cm³/mol. The maximum absolute atomic E-state index is 11.8. The highest BCUT2D eigenvalue weighted by atomic mass is 32.1. The molecule has 0 saturated carbocycles. The summed E-state index contributed by atoms with van der Waals surface area (Å²) in [4.78, 5) is 27.6. The largest absolute Gasteiger partial charge is 0.461 e. The first-order valence-electron chi connectivity index (χ1n) is 8.41. The quantitative estimate of drug-likeness (QED) is 0.521. The van der Waals surface area contributed by atoms with Gasteiger partial charge in [-0.3, -0.25) is 10.1 Å². The summed E-state index contributed by atoms with van der Waals surface area (Å²) in [5.41, 5.74) is 2.66. The van der Waals surface area contributed by atoms with E-state index in [1.807, 2.05) is 50.3 Å². The van der Waals surface area contributed by atoms with Crippen molar-refractivity contribution in [2.45, 2.75) is 26.9 Å². The minimum absolute atomic E-state index is 0.163. The number of benzene rings is 1. The Morgan fingerprint density at radius 2 is 1.96 bits per heavy atom. The van der Waals surface area contributed by atoms with Gasteiger partial charge in [0.25, 0.3) is 0 Å². The molecule has 142 valence electrons. The second-order valence-corrected chi connectivity index (χ2v) is 6.69. The maximum atomic E-state index is 11.8. The molecular formula is C20H22N2O4S. The Hall–Kier alpha value is -2.93. The van der Waals surface area contributed by atoms with E-state index in [1.54, 1.807) is 17.5 Å². The number of thiazole rings is 1. The van der Waals surface area contributed by atoms with Crippen molar-refractivity contribution in [2.24, 2.45) is 0 Å². The summed E-state index contributed by atoms with van der Waals surface area (Å²) < 4.78 is 10.2. The number of anilines is 1. The average Bonchev–Trinajstić information content (AvgIpc) is 3.08. The Morgan fingerprint density at radius 3 is 2.70 bits per heavy atom. The molecule has 0 aliphatic rings. The van der Waals surface area contributed by atoms with Crippen molar-refractivity contribution < 1.29 is 19.1 Å². The summed E-state index contributed by atoms with van der Waals surface area (Å²) in [6.45, 7) is 4.36. The minimum atomic E-state index is -0.563. The van der Waals surface area contributed by atoms with Crippen LogP contribution in [0.3, 0.4) is 0 Å². The van der Waals surface area contributed by atoms with Crippen LogP contribution < -0.4 is 5.32 Å². The molecule has 0 spiro atoms. The van der Waals surface area contributed by atoms with Gasteiger partial charge in [-0.2, -0.15) is 0 Å². The zero-order valence-electron chi connectivity index (χ0n) is 15.3. The highest BCUT2D eigenvalue weighted by Gasteiger charge is 2.07. The van der Waals surface area contributed by atoms with E-state index in [9.17, 15) is 9.59 Å². The lowest BCUT2D eigenvalue weighted by molar-refractivity contribution is -0.141. The molecule has 7 heteroatoms. The molecule has 27 heavy (non-hydrogen) atoms. The molecule has 0 atom stereocenters. The van der Waals surface area contributed by atoms with Gasteiger partial charge in [0.05, 0.1) is 12.1 Å². The molecule has 1 N–H and O–H groups in total. The van der Waals surface area contributed by atoms with E-state index in [4.69, 9.17) is 9.47 Å². The molecule has 0 unspecified atom stereocenters. The first-order valence-corrected chi connectivity index (χ1v) is 9.29. The van der Waals surface area contributed by atoms with Gasteiger partial charge in [0.2, 0.25) is 0 Å². The Balaban J connectivity index is 1.73. The zero-order valence-corrected chi connectivity index (χ0v) is 16.1. The summed E-state index contributed by atoms with van der Waals surface area (Å²) in [5.74, 6) is -0.304. The van der Waals surface area contributed by atoms with Crippen molar-refractivity contribution in [3.8, 4) is 0 Å². The minimum Gasteiger partial charge on any atom is -0.461 e. The Morgan fingerprint density at radius 1 is 1.19 bits per heavy atom. The third-order valence-corrected chi connectivity index (χ3v) is 4.03. The fraction of sp³-hybridized carbons (Fsp3) is 0.250. The Bertz CT molecular complexity index is 808. The van der Waals surface area contributed by atoms with Crippen LogP contribution in [-0.2, 0) is 20.9 Å². The number of esters is 1. The number of ether oxygens (including phenoxy) is 2. The van der Waals surface area contributed by atoms with E-state index in [0.29, 0.717) is 10.8 Å². The van der Waals surface area contributed by atoms with Gasteiger partial charge in [-0.05, 0) is 31.6 Å². The Labute approximate surface area is 162 Å². The van der Waals surface area contributed by atoms with Crippen LogP contribution in [0.2, 0.25) is 0 Å². The van der Waals surface area contributed by atoms with Crippen LogP contribution in [0.5, 0.6) is 0 Å². The number of hydrogen-bond donors (Lipinski definition) is 1. The fourth-order valence-corrected chi connectivity index (χ4v) is 2.57. The first kappa shape index (κ1) is 20.4. The van der Waals surface area contributed by atoms with E-state index < -0.39 is 6.09 Å². The number of carbonyl (C=O) groups is 2. The molecule has 1 aromatic carbocycles. The molecule has 0 saturated heterocycles. The van der Waals surface area contributed by atoms with Gasteiger partial charge in [0.15, 0.2) is 5.13 Å². The molecular weight excluding hydrogens is 364 g/mol. The second-order valence-electron chi connectivity index (χ2n) is 5.84. The molecule has 0 aliphatic heterocycles. The highest BCUT2D eigenvalue weighted by molar-refractivity contribution is 7.14. The van der Waals surface area contributed by atoms with Crippen LogP contribution in [0, 0.1) is 0 Å². The summed E-state index contributed by atoms with van der Waals surface area (Å²) in [5, 5.41) is 4.79. The molecule has 0 aliphatic carbocycles. The van der Waals surface area contributed by atoms with Gasteiger partial charge >= 0.3 is 12.1 Å². The van der Waals surface area contributed by atoms with Crippen LogP contribution in [0.25, 0.3) is 6.08 Å². The third kappa shape index (κ3) is 8.33. The van der Waals surface area contributed by atoms with Crippen molar-refractivity contribution in [1.29, 1.82) is 0 Å². The summed E-state index contributed by atoms with van der Waals surface area (Å²) in [6.07, 6.45) is 4.83. The number of hydrogen-bond acceptors (Lipinski definition) is 6. The van der Waals surface area contributed by atoms with Crippen molar-refractivity contribution in [1.82, 2.24) is 4.98 Å². The number of nitrogens with zero attached hydrogens (tertiary/aromatic N) is 1. The molecule has 2 aromatic rings. The fourth-order valence-electron chi connectivity index (χ4n) is 1.90. The smallest absolute Gasteiger partial charge is 0.413 e. The number of aromatic nitrogens is 1. The summed E-state index contributed by atoms with van der Waals surface area (Å²) in [6, 6.07) is 9.42. The number of rotatable bonds is 8. The van der Waals surface area contributed by atoms with Crippen molar-refractivity contribution in [2.75, 3.05) is 11.9 Å². The standard InChI is InChI=1S/C20H22N2O4S/c1-15(2)11-12-25-18(23)10-6-9-17-14-27-19(21-17)22-20(24)26-13-16-7-4-3-5-8-16/h3-9,11,14H,10,12-13H2,1-2H3,(H,21,22,24)/b9-6+.